The van der Waals surface area contributed by atoms with Crippen molar-refractivity contribution in [3.8, 4) is 5.75 Å². The maximum absolute atomic E-state index is 11.1. The first kappa shape index (κ1) is 13.9. The Kier molecular flexibility index (Phi) is 4.11. The average molecular weight is 301 g/mol. The summed E-state index contributed by atoms with van der Waals surface area (Å²) in [6.45, 7) is 3.17. The minimum absolute atomic E-state index is 0.0524. The molecule has 0 spiro atoms. The number of ether oxygens (including phenoxy) is 1. The zero-order valence-corrected chi connectivity index (χ0v) is 11.9. The van der Waals surface area contributed by atoms with Crippen LogP contribution in [0.2, 0.25) is 0 Å². The fourth-order valence-corrected chi connectivity index (χ4v) is 2.38. The summed E-state index contributed by atoms with van der Waals surface area (Å²) in [5.74, 6) is 1.38. The lowest BCUT2D eigenvalue weighted by molar-refractivity contribution is 0.290. The number of benzene rings is 1. The van der Waals surface area contributed by atoms with Gasteiger partial charge < -0.3 is 9.30 Å². The Morgan fingerprint density at radius 3 is 2.58 bits per heavy atom. The third kappa shape index (κ3) is 3.48. The number of aromatic nitrogens is 2. The molecule has 19 heavy (non-hydrogen) atoms. The highest BCUT2D eigenvalue weighted by Gasteiger charge is 2.09. The van der Waals surface area contributed by atoms with Crippen molar-refractivity contribution in [2.45, 2.75) is 25.0 Å². The Hall–Kier alpha value is -1.53. The maximum atomic E-state index is 11.1. The van der Waals surface area contributed by atoms with Gasteiger partial charge in [-0.25, -0.2) is 13.4 Å². The van der Waals surface area contributed by atoms with Gasteiger partial charge in [-0.3, -0.25) is 0 Å². The molecule has 0 radical (unpaired) electrons. The average Bonchev–Trinajstić information content (AvgIpc) is 2.83. The van der Waals surface area contributed by atoms with E-state index in [9.17, 15) is 8.42 Å². The van der Waals surface area contributed by atoms with Crippen LogP contribution in [-0.4, -0.2) is 18.0 Å². The SMILES string of the molecule is CCn1ccnc1COc1ccc(S(=O)(=O)Cl)cc1. The van der Waals surface area contributed by atoms with Crippen LogP contribution in [0.1, 0.15) is 12.7 Å². The molecule has 0 fully saturated rings. The van der Waals surface area contributed by atoms with Crippen molar-refractivity contribution >= 4 is 19.7 Å². The van der Waals surface area contributed by atoms with Gasteiger partial charge in [-0.1, -0.05) is 0 Å². The Labute approximate surface area is 116 Å². The predicted molar refractivity (Wildman–Crippen MR) is 71.7 cm³/mol. The number of rotatable bonds is 5. The number of hydrogen-bond donors (Lipinski definition) is 0. The standard InChI is InChI=1S/C12H13ClN2O3S/c1-2-15-8-7-14-12(15)9-18-10-3-5-11(6-4-10)19(13,16)17/h3-8H,2,9H2,1H3. The van der Waals surface area contributed by atoms with E-state index in [1.807, 2.05) is 17.7 Å². The van der Waals surface area contributed by atoms with Gasteiger partial charge in [0.1, 0.15) is 18.2 Å². The van der Waals surface area contributed by atoms with Crippen LogP contribution in [0.3, 0.4) is 0 Å². The molecule has 0 N–H and O–H groups in total. The Bertz CT molecular complexity index is 650. The lowest BCUT2D eigenvalue weighted by Gasteiger charge is -2.07. The van der Waals surface area contributed by atoms with Gasteiger partial charge in [0.15, 0.2) is 0 Å². The van der Waals surface area contributed by atoms with Gasteiger partial charge in [0.05, 0.1) is 4.90 Å². The molecule has 0 saturated carbocycles. The topological polar surface area (TPSA) is 61.2 Å². The molecule has 0 atom stereocenters. The molecule has 5 nitrogen and oxygen atoms in total. The predicted octanol–water partition coefficient (Wildman–Crippen LogP) is 2.41. The molecule has 0 amide bonds. The van der Waals surface area contributed by atoms with Crippen LogP contribution >= 0.6 is 10.7 Å². The van der Waals surface area contributed by atoms with Crippen molar-refractivity contribution in [3.05, 3.63) is 42.5 Å². The monoisotopic (exact) mass is 300 g/mol. The van der Waals surface area contributed by atoms with Crippen LogP contribution in [0.25, 0.3) is 0 Å². The number of nitrogens with zero attached hydrogens (tertiary/aromatic N) is 2. The summed E-state index contributed by atoms with van der Waals surface area (Å²) in [7, 11) is 1.54. The van der Waals surface area contributed by atoms with Gasteiger partial charge in [0.2, 0.25) is 0 Å². The summed E-state index contributed by atoms with van der Waals surface area (Å²) in [6.07, 6.45) is 3.59. The van der Waals surface area contributed by atoms with Gasteiger partial charge in [-0.2, -0.15) is 0 Å². The molecular formula is C12H13ClN2O3S. The molecule has 0 bridgehead atoms. The zero-order valence-electron chi connectivity index (χ0n) is 10.3. The van der Waals surface area contributed by atoms with Crippen LogP contribution in [0.4, 0.5) is 0 Å². The molecule has 0 aliphatic heterocycles. The highest BCUT2D eigenvalue weighted by atomic mass is 35.7. The van der Waals surface area contributed by atoms with Gasteiger partial charge in [-0.05, 0) is 31.2 Å². The molecule has 0 aliphatic carbocycles. The maximum Gasteiger partial charge on any atom is 0.261 e. The molecule has 0 unspecified atom stereocenters. The summed E-state index contributed by atoms with van der Waals surface area (Å²) >= 11 is 0. The minimum Gasteiger partial charge on any atom is -0.486 e. The summed E-state index contributed by atoms with van der Waals surface area (Å²) in [6, 6.07) is 5.94. The minimum atomic E-state index is -3.69. The number of halogens is 1. The normalized spacial score (nSPS) is 11.5. The molecular weight excluding hydrogens is 288 g/mol. The highest BCUT2D eigenvalue weighted by Crippen LogP contribution is 2.19. The van der Waals surface area contributed by atoms with E-state index in [1.54, 1.807) is 18.3 Å². The van der Waals surface area contributed by atoms with E-state index < -0.39 is 9.05 Å². The third-order valence-corrected chi connectivity index (χ3v) is 3.99. The van der Waals surface area contributed by atoms with Crippen LogP contribution in [0, 0.1) is 0 Å². The van der Waals surface area contributed by atoms with Crippen LogP contribution in [-0.2, 0) is 22.2 Å². The zero-order chi connectivity index (χ0) is 13.9. The molecule has 1 aromatic carbocycles. The van der Waals surface area contributed by atoms with E-state index in [2.05, 4.69) is 4.98 Å². The fraction of sp³-hybridized carbons (Fsp3) is 0.250. The van der Waals surface area contributed by atoms with Crippen LogP contribution in [0.15, 0.2) is 41.6 Å². The molecule has 102 valence electrons. The van der Waals surface area contributed by atoms with Crippen LogP contribution < -0.4 is 4.74 Å². The lowest BCUT2D eigenvalue weighted by Crippen LogP contribution is -2.05. The van der Waals surface area contributed by atoms with Crippen molar-refractivity contribution in [2.24, 2.45) is 0 Å². The van der Waals surface area contributed by atoms with E-state index in [0.717, 1.165) is 12.4 Å². The lowest BCUT2D eigenvalue weighted by atomic mass is 10.3. The fourth-order valence-electron chi connectivity index (χ4n) is 1.61. The van der Waals surface area contributed by atoms with Gasteiger partial charge >= 0.3 is 0 Å². The second-order valence-corrected chi connectivity index (χ2v) is 6.39. The molecule has 0 saturated heterocycles. The highest BCUT2D eigenvalue weighted by molar-refractivity contribution is 8.13. The molecule has 1 heterocycles. The van der Waals surface area contributed by atoms with Crippen LogP contribution in [0.5, 0.6) is 5.75 Å². The Balaban J connectivity index is 2.05. The van der Waals surface area contributed by atoms with Gasteiger partial charge in [0.25, 0.3) is 9.05 Å². The summed E-state index contributed by atoms with van der Waals surface area (Å²) in [5, 5.41) is 0. The summed E-state index contributed by atoms with van der Waals surface area (Å²) < 4.78 is 29.7. The molecule has 1 aromatic heterocycles. The second kappa shape index (κ2) is 5.63. The first-order valence-corrected chi connectivity index (χ1v) is 7.99. The van der Waals surface area contributed by atoms with E-state index >= 15 is 0 Å². The summed E-state index contributed by atoms with van der Waals surface area (Å²) in [5.41, 5.74) is 0. The first-order valence-electron chi connectivity index (χ1n) is 5.68. The first-order chi connectivity index (χ1) is 9.00. The summed E-state index contributed by atoms with van der Waals surface area (Å²) in [4.78, 5) is 4.23. The largest absolute Gasteiger partial charge is 0.486 e. The molecule has 0 aliphatic rings. The van der Waals surface area contributed by atoms with E-state index in [-0.39, 0.29) is 4.90 Å². The second-order valence-electron chi connectivity index (χ2n) is 3.83. The Morgan fingerprint density at radius 2 is 2.00 bits per heavy atom. The van der Waals surface area contributed by atoms with Crippen molar-refractivity contribution < 1.29 is 13.2 Å². The smallest absolute Gasteiger partial charge is 0.261 e. The number of imidazole rings is 1. The number of hydrogen-bond acceptors (Lipinski definition) is 4. The molecule has 7 heteroatoms. The van der Waals surface area contributed by atoms with E-state index in [1.165, 1.54) is 12.1 Å². The van der Waals surface area contributed by atoms with Gasteiger partial charge in [0, 0.05) is 29.6 Å². The van der Waals surface area contributed by atoms with Crippen molar-refractivity contribution in [3.63, 3.8) is 0 Å². The number of aryl methyl sites for hydroxylation is 1. The van der Waals surface area contributed by atoms with E-state index in [4.69, 9.17) is 15.4 Å². The Morgan fingerprint density at radius 1 is 1.32 bits per heavy atom. The van der Waals surface area contributed by atoms with Crippen molar-refractivity contribution in [1.29, 1.82) is 0 Å². The third-order valence-electron chi connectivity index (χ3n) is 2.62. The van der Waals surface area contributed by atoms with E-state index in [0.29, 0.717) is 12.4 Å². The molecule has 2 aromatic rings. The van der Waals surface area contributed by atoms with Gasteiger partial charge in [-0.15, -0.1) is 0 Å². The quantitative estimate of drug-likeness (QED) is 0.796. The van der Waals surface area contributed by atoms with Crippen molar-refractivity contribution in [1.82, 2.24) is 9.55 Å². The molecule has 2 rings (SSSR count). The van der Waals surface area contributed by atoms with Crippen molar-refractivity contribution in [2.75, 3.05) is 0 Å².